The second-order valence-electron chi connectivity index (χ2n) is 8.41. The highest BCUT2D eigenvalue weighted by atomic mass is 19.1. The smallest absolute Gasteiger partial charge is 0.225 e. The van der Waals surface area contributed by atoms with Crippen molar-refractivity contribution < 1.29 is 9.13 Å². The minimum atomic E-state index is -0.175. The minimum Gasteiger partial charge on any atom is -0.497 e. The molecule has 3 aliphatic heterocycles. The number of halogens is 1. The predicted molar refractivity (Wildman–Crippen MR) is 110 cm³/mol. The van der Waals surface area contributed by atoms with Gasteiger partial charge in [0.05, 0.1) is 12.8 Å². The molecular weight excluding hydrogens is 369 g/mol. The number of nitrogens with zero attached hydrogens (tertiary/aromatic N) is 5. The van der Waals surface area contributed by atoms with Crippen LogP contribution in [0.3, 0.4) is 0 Å². The Bertz CT molecular complexity index is 899. The maximum Gasteiger partial charge on any atom is 0.225 e. The van der Waals surface area contributed by atoms with Crippen LogP contribution in [0, 0.1) is 5.82 Å². The monoisotopic (exact) mass is 397 g/mol. The number of ether oxygens (including phenoxy) is 1. The van der Waals surface area contributed by atoms with E-state index in [2.05, 4.69) is 27.9 Å². The number of rotatable bonds is 4. The standard InChI is InChI=1S/C22H28FN5O/c1-26-16-3-6-21(26)18-13-24-22(25-20(18)12-16)28-9-7-27(8-10-28)14-15-11-17(29-2)4-5-19(15)23/h4-5,11,13,16,21H,3,6-10,12,14H2,1-2H3. The van der Waals surface area contributed by atoms with Crippen LogP contribution in [0.1, 0.15) is 35.7 Å². The third-order valence-corrected chi connectivity index (χ3v) is 6.82. The van der Waals surface area contributed by atoms with E-state index in [1.54, 1.807) is 19.2 Å². The van der Waals surface area contributed by atoms with E-state index in [1.807, 2.05) is 0 Å². The van der Waals surface area contributed by atoms with Crippen LogP contribution in [-0.4, -0.2) is 66.1 Å². The molecule has 2 saturated heterocycles. The minimum absolute atomic E-state index is 0.175. The SMILES string of the molecule is COc1ccc(F)c(CN2CCN(c3ncc4c(n3)CC3CCC4N3C)CC2)c1. The topological polar surface area (TPSA) is 44.7 Å². The van der Waals surface area contributed by atoms with Gasteiger partial charge in [-0.15, -0.1) is 0 Å². The van der Waals surface area contributed by atoms with Crippen molar-refractivity contribution in [3.8, 4) is 5.75 Å². The van der Waals surface area contributed by atoms with E-state index in [4.69, 9.17) is 14.7 Å². The maximum absolute atomic E-state index is 14.1. The molecule has 154 valence electrons. The van der Waals surface area contributed by atoms with Gasteiger partial charge in [-0.2, -0.15) is 0 Å². The highest BCUT2D eigenvalue weighted by molar-refractivity contribution is 5.38. The van der Waals surface area contributed by atoms with E-state index in [1.165, 1.54) is 30.2 Å². The van der Waals surface area contributed by atoms with Crippen molar-refractivity contribution in [2.24, 2.45) is 0 Å². The van der Waals surface area contributed by atoms with Gasteiger partial charge in [0.25, 0.3) is 0 Å². The quantitative estimate of drug-likeness (QED) is 0.790. The first-order valence-electron chi connectivity index (χ1n) is 10.5. The summed E-state index contributed by atoms with van der Waals surface area (Å²) in [5.41, 5.74) is 3.24. The number of methoxy groups -OCH3 is 1. The summed E-state index contributed by atoms with van der Waals surface area (Å²) in [4.78, 5) is 16.7. The molecule has 0 spiro atoms. The number of aromatic nitrogens is 2. The van der Waals surface area contributed by atoms with Gasteiger partial charge in [-0.25, -0.2) is 14.4 Å². The highest BCUT2D eigenvalue weighted by Gasteiger charge is 2.38. The number of fused-ring (bicyclic) bond motifs is 4. The molecule has 29 heavy (non-hydrogen) atoms. The summed E-state index contributed by atoms with van der Waals surface area (Å²) in [6.45, 7) is 4.04. The molecule has 0 amide bonds. The Balaban J connectivity index is 1.24. The largest absolute Gasteiger partial charge is 0.497 e. The van der Waals surface area contributed by atoms with Crippen LogP contribution in [0.2, 0.25) is 0 Å². The van der Waals surface area contributed by atoms with Crippen LogP contribution < -0.4 is 9.64 Å². The fourth-order valence-corrected chi connectivity index (χ4v) is 5.01. The number of piperazine rings is 1. The molecule has 3 aliphatic rings. The van der Waals surface area contributed by atoms with E-state index < -0.39 is 0 Å². The summed E-state index contributed by atoms with van der Waals surface area (Å²) in [6, 6.07) is 6.06. The summed E-state index contributed by atoms with van der Waals surface area (Å²) >= 11 is 0. The molecule has 2 atom stereocenters. The molecule has 0 N–H and O–H groups in total. The zero-order valence-electron chi connectivity index (χ0n) is 17.1. The highest BCUT2D eigenvalue weighted by Crippen LogP contribution is 2.41. The Hall–Kier alpha value is -2.25. The molecule has 6 nitrogen and oxygen atoms in total. The molecule has 7 heteroatoms. The third-order valence-electron chi connectivity index (χ3n) is 6.82. The van der Waals surface area contributed by atoms with Crippen molar-refractivity contribution in [3.05, 3.63) is 47.0 Å². The van der Waals surface area contributed by atoms with Gasteiger partial charge in [0.2, 0.25) is 5.95 Å². The van der Waals surface area contributed by atoms with Gasteiger partial charge >= 0.3 is 0 Å². The summed E-state index contributed by atoms with van der Waals surface area (Å²) < 4.78 is 19.4. The number of anilines is 1. The van der Waals surface area contributed by atoms with Crippen molar-refractivity contribution in [1.29, 1.82) is 0 Å². The van der Waals surface area contributed by atoms with Crippen LogP contribution in [0.4, 0.5) is 10.3 Å². The summed E-state index contributed by atoms with van der Waals surface area (Å²) in [6.07, 6.45) is 5.56. The number of hydrogen-bond donors (Lipinski definition) is 0. The van der Waals surface area contributed by atoms with Crippen LogP contribution >= 0.6 is 0 Å². The summed E-state index contributed by atoms with van der Waals surface area (Å²) in [5.74, 6) is 1.37. The second kappa shape index (κ2) is 7.54. The van der Waals surface area contributed by atoms with E-state index in [0.717, 1.165) is 38.5 Å². The molecule has 2 fully saturated rings. The van der Waals surface area contributed by atoms with Crippen molar-refractivity contribution in [3.63, 3.8) is 0 Å². The number of benzene rings is 1. The van der Waals surface area contributed by atoms with Gasteiger partial charge in [0, 0.05) is 68.6 Å². The van der Waals surface area contributed by atoms with Gasteiger partial charge in [-0.1, -0.05) is 0 Å². The Kier molecular flexibility index (Phi) is 4.87. The first-order valence-corrected chi connectivity index (χ1v) is 10.5. The van der Waals surface area contributed by atoms with Gasteiger partial charge in [0.1, 0.15) is 11.6 Å². The van der Waals surface area contributed by atoms with E-state index in [-0.39, 0.29) is 5.82 Å². The van der Waals surface area contributed by atoms with Crippen molar-refractivity contribution in [2.75, 3.05) is 45.2 Å². The fourth-order valence-electron chi connectivity index (χ4n) is 5.01. The molecule has 1 aromatic heterocycles. The van der Waals surface area contributed by atoms with Gasteiger partial charge < -0.3 is 9.64 Å². The lowest BCUT2D eigenvalue weighted by Crippen LogP contribution is -2.47. The number of likely N-dealkylation sites (N-methyl/N-ethyl adjacent to an activating group) is 1. The summed E-state index contributed by atoms with van der Waals surface area (Å²) in [5, 5.41) is 0. The van der Waals surface area contributed by atoms with Gasteiger partial charge in [-0.05, 0) is 38.1 Å². The van der Waals surface area contributed by atoms with Crippen LogP contribution in [0.25, 0.3) is 0 Å². The molecule has 4 heterocycles. The Morgan fingerprint density at radius 3 is 2.79 bits per heavy atom. The van der Waals surface area contributed by atoms with E-state index in [0.29, 0.717) is 29.9 Å². The molecule has 2 bridgehead atoms. The average molecular weight is 397 g/mol. The Morgan fingerprint density at radius 2 is 2.00 bits per heavy atom. The molecular formula is C22H28FN5O. The van der Waals surface area contributed by atoms with Crippen molar-refractivity contribution >= 4 is 5.95 Å². The molecule has 0 aliphatic carbocycles. The zero-order chi connectivity index (χ0) is 20.0. The van der Waals surface area contributed by atoms with Gasteiger partial charge in [-0.3, -0.25) is 9.80 Å². The van der Waals surface area contributed by atoms with E-state index >= 15 is 0 Å². The fraction of sp³-hybridized carbons (Fsp3) is 0.545. The number of hydrogen-bond acceptors (Lipinski definition) is 6. The zero-order valence-corrected chi connectivity index (χ0v) is 17.1. The van der Waals surface area contributed by atoms with E-state index in [9.17, 15) is 4.39 Å². The second-order valence-corrected chi connectivity index (χ2v) is 8.41. The lowest BCUT2D eigenvalue weighted by Gasteiger charge is -2.36. The molecule has 2 unspecified atom stereocenters. The Morgan fingerprint density at radius 1 is 1.17 bits per heavy atom. The molecule has 0 radical (unpaired) electrons. The lowest BCUT2D eigenvalue weighted by atomic mass is 10.0. The first kappa shape index (κ1) is 18.8. The normalized spacial score (nSPS) is 24.6. The molecule has 2 aromatic rings. The van der Waals surface area contributed by atoms with Crippen molar-refractivity contribution in [1.82, 2.24) is 19.8 Å². The first-order chi connectivity index (χ1) is 14.1. The van der Waals surface area contributed by atoms with Crippen LogP contribution in [0.5, 0.6) is 5.75 Å². The summed E-state index contributed by atoms with van der Waals surface area (Å²) in [7, 11) is 3.83. The predicted octanol–water partition coefficient (Wildman–Crippen LogP) is 2.64. The molecule has 1 aromatic carbocycles. The average Bonchev–Trinajstić information content (AvgIpc) is 2.98. The molecule has 0 saturated carbocycles. The van der Waals surface area contributed by atoms with Crippen LogP contribution in [0.15, 0.2) is 24.4 Å². The molecule has 5 rings (SSSR count). The maximum atomic E-state index is 14.1. The van der Waals surface area contributed by atoms with Gasteiger partial charge in [0.15, 0.2) is 0 Å². The Labute approximate surface area is 171 Å². The van der Waals surface area contributed by atoms with Crippen molar-refractivity contribution in [2.45, 2.75) is 37.9 Å². The third kappa shape index (κ3) is 3.46. The lowest BCUT2D eigenvalue weighted by molar-refractivity contribution is 0.221. The van der Waals surface area contributed by atoms with Crippen LogP contribution in [-0.2, 0) is 13.0 Å².